The van der Waals surface area contributed by atoms with Gasteiger partial charge in [-0.3, -0.25) is 9.78 Å². The zero-order chi connectivity index (χ0) is 19.2. The fourth-order valence-corrected chi connectivity index (χ4v) is 3.02. The number of rotatable bonds is 7. The van der Waals surface area contributed by atoms with Gasteiger partial charge in [0, 0.05) is 37.3 Å². The standard InChI is InChI=1S/C21H24FN3O2/c1-15(2)10-21(26)25(13-16-5-7-18(22)8-6-16)14-19-11-20(24-27-19)17-4-3-9-23-12-17/h3-9,12,15,19H,10-11,13-14H2,1-2H3/t19-/m0/s1. The highest BCUT2D eigenvalue weighted by Crippen LogP contribution is 2.19. The molecule has 27 heavy (non-hydrogen) atoms. The van der Waals surface area contributed by atoms with E-state index in [1.54, 1.807) is 29.4 Å². The molecule has 1 amide bonds. The maximum atomic E-state index is 13.2. The molecule has 3 rings (SSSR count). The van der Waals surface area contributed by atoms with Crippen molar-refractivity contribution in [1.82, 2.24) is 9.88 Å². The molecule has 1 aromatic carbocycles. The summed E-state index contributed by atoms with van der Waals surface area (Å²) in [5, 5.41) is 4.17. The lowest BCUT2D eigenvalue weighted by molar-refractivity contribution is -0.134. The zero-order valence-corrected chi connectivity index (χ0v) is 15.6. The Morgan fingerprint density at radius 2 is 2.07 bits per heavy atom. The molecule has 6 heteroatoms. The van der Waals surface area contributed by atoms with Gasteiger partial charge >= 0.3 is 0 Å². The van der Waals surface area contributed by atoms with Crippen LogP contribution in [0.3, 0.4) is 0 Å². The molecule has 0 unspecified atom stereocenters. The molecule has 2 heterocycles. The molecule has 1 aromatic heterocycles. The molecule has 0 N–H and O–H groups in total. The molecule has 0 bridgehead atoms. The first-order chi connectivity index (χ1) is 13.0. The predicted molar refractivity (Wildman–Crippen MR) is 102 cm³/mol. The van der Waals surface area contributed by atoms with Gasteiger partial charge < -0.3 is 9.74 Å². The summed E-state index contributed by atoms with van der Waals surface area (Å²) in [5.41, 5.74) is 2.66. The summed E-state index contributed by atoms with van der Waals surface area (Å²) in [6.07, 6.45) is 4.36. The van der Waals surface area contributed by atoms with Gasteiger partial charge in [-0.1, -0.05) is 31.1 Å². The Morgan fingerprint density at radius 1 is 1.30 bits per heavy atom. The van der Waals surface area contributed by atoms with Gasteiger partial charge in [0.2, 0.25) is 5.91 Å². The van der Waals surface area contributed by atoms with E-state index < -0.39 is 0 Å². The van der Waals surface area contributed by atoms with Crippen LogP contribution in [-0.4, -0.2) is 34.2 Å². The quantitative estimate of drug-likeness (QED) is 0.746. The Labute approximate surface area is 158 Å². The van der Waals surface area contributed by atoms with E-state index in [-0.39, 0.29) is 23.7 Å². The average Bonchev–Trinajstić information content (AvgIpc) is 3.12. The Balaban J connectivity index is 1.66. The Morgan fingerprint density at radius 3 is 2.74 bits per heavy atom. The van der Waals surface area contributed by atoms with Gasteiger partial charge in [0.05, 0.1) is 12.3 Å². The lowest BCUT2D eigenvalue weighted by Gasteiger charge is -2.26. The number of oxime groups is 1. The van der Waals surface area contributed by atoms with Crippen LogP contribution in [-0.2, 0) is 16.2 Å². The van der Waals surface area contributed by atoms with E-state index >= 15 is 0 Å². The molecule has 0 aliphatic carbocycles. The van der Waals surface area contributed by atoms with Crippen LogP contribution in [0.15, 0.2) is 53.9 Å². The maximum Gasteiger partial charge on any atom is 0.223 e. The third-order valence-corrected chi connectivity index (χ3v) is 4.37. The number of halogens is 1. The second kappa shape index (κ2) is 8.75. The van der Waals surface area contributed by atoms with Crippen molar-refractivity contribution in [2.75, 3.05) is 6.54 Å². The van der Waals surface area contributed by atoms with Gasteiger partial charge in [-0.15, -0.1) is 0 Å². The molecule has 0 spiro atoms. The third kappa shape index (κ3) is 5.36. The summed E-state index contributed by atoms with van der Waals surface area (Å²) in [4.78, 5) is 24.2. The van der Waals surface area contributed by atoms with Crippen LogP contribution in [0.4, 0.5) is 4.39 Å². The highest BCUT2D eigenvalue weighted by atomic mass is 19.1. The summed E-state index contributed by atoms with van der Waals surface area (Å²) < 4.78 is 13.2. The normalized spacial score (nSPS) is 16.1. The molecule has 0 saturated carbocycles. The van der Waals surface area contributed by atoms with Crippen LogP contribution in [0.5, 0.6) is 0 Å². The minimum atomic E-state index is -0.285. The monoisotopic (exact) mass is 369 g/mol. The van der Waals surface area contributed by atoms with Crippen LogP contribution in [0.25, 0.3) is 0 Å². The SMILES string of the molecule is CC(C)CC(=O)N(Cc1ccc(F)cc1)C[C@@H]1CC(c2cccnc2)=NO1. The van der Waals surface area contributed by atoms with E-state index in [0.29, 0.717) is 25.9 Å². The van der Waals surface area contributed by atoms with Gasteiger partial charge in [-0.25, -0.2) is 4.39 Å². The number of hydrogen-bond donors (Lipinski definition) is 0. The molecule has 142 valence electrons. The lowest BCUT2D eigenvalue weighted by atomic mass is 10.1. The summed E-state index contributed by atoms with van der Waals surface area (Å²) in [6, 6.07) is 10.0. The van der Waals surface area contributed by atoms with E-state index in [0.717, 1.165) is 16.8 Å². The molecule has 1 aliphatic rings. The zero-order valence-electron chi connectivity index (χ0n) is 15.6. The molecule has 0 radical (unpaired) electrons. The maximum absolute atomic E-state index is 13.2. The van der Waals surface area contributed by atoms with Crippen molar-refractivity contribution in [2.45, 2.75) is 39.3 Å². The van der Waals surface area contributed by atoms with Crippen molar-refractivity contribution < 1.29 is 14.0 Å². The molecule has 5 nitrogen and oxygen atoms in total. The lowest BCUT2D eigenvalue weighted by Crippen LogP contribution is -2.37. The number of hydrogen-bond acceptors (Lipinski definition) is 4. The molecule has 0 saturated heterocycles. The molecule has 1 aliphatic heterocycles. The second-order valence-corrected chi connectivity index (χ2v) is 7.21. The van der Waals surface area contributed by atoms with Gasteiger partial charge in [0.1, 0.15) is 5.82 Å². The Hall–Kier alpha value is -2.76. The van der Waals surface area contributed by atoms with Crippen molar-refractivity contribution in [3.63, 3.8) is 0 Å². The highest BCUT2D eigenvalue weighted by molar-refractivity contribution is 6.01. The third-order valence-electron chi connectivity index (χ3n) is 4.37. The number of nitrogens with zero attached hydrogens (tertiary/aromatic N) is 3. The number of pyridine rings is 1. The van der Waals surface area contributed by atoms with Gasteiger partial charge in [0.25, 0.3) is 0 Å². The number of carbonyl (C=O) groups excluding carboxylic acids is 1. The number of amides is 1. The Bertz CT molecular complexity index is 791. The van der Waals surface area contributed by atoms with Gasteiger partial charge in [-0.05, 0) is 35.7 Å². The van der Waals surface area contributed by atoms with Crippen LogP contribution in [0.1, 0.15) is 37.8 Å². The largest absolute Gasteiger partial charge is 0.390 e. The average molecular weight is 369 g/mol. The van der Waals surface area contributed by atoms with Crippen molar-refractivity contribution in [3.05, 3.63) is 65.7 Å². The van der Waals surface area contributed by atoms with Crippen molar-refractivity contribution in [1.29, 1.82) is 0 Å². The number of carbonyl (C=O) groups is 1. The van der Waals surface area contributed by atoms with Crippen molar-refractivity contribution in [3.8, 4) is 0 Å². The van der Waals surface area contributed by atoms with Crippen LogP contribution < -0.4 is 0 Å². The van der Waals surface area contributed by atoms with E-state index in [1.165, 1.54) is 12.1 Å². The Kier molecular flexibility index (Phi) is 6.16. The predicted octanol–water partition coefficient (Wildman–Crippen LogP) is 3.79. The van der Waals surface area contributed by atoms with E-state index in [2.05, 4.69) is 10.1 Å². The first-order valence-electron chi connectivity index (χ1n) is 9.16. The fraction of sp³-hybridized carbons (Fsp3) is 0.381. The van der Waals surface area contributed by atoms with Crippen molar-refractivity contribution in [2.24, 2.45) is 11.1 Å². The summed E-state index contributed by atoms with van der Waals surface area (Å²) in [5.74, 6) is 0.0418. The van der Waals surface area contributed by atoms with E-state index in [1.807, 2.05) is 26.0 Å². The number of aromatic nitrogens is 1. The minimum absolute atomic E-state index is 0.0627. The van der Waals surface area contributed by atoms with Gasteiger partial charge in [-0.2, -0.15) is 0 Å². The van der Waals surface area contributed by atoms with Crippen LogP contribution >= 0.6 is 0 Å². The first kappa shape index (κ1) is 19.0. The fourth-order valence-electron chi connectivity index (χ4n) is 3.02. The second-order valence-electron chi connectivity index (χ2n) is 7.21. The van der Waals surface area contributed by atoms with E-state index in [4.69, 9.17) is 4.84 Å². The summed E-state index contributed by atoms with van der Waals surface area (Å²) in [7, 11) is 0. The molecular formula is C21H24FN3O2. The molecule has 2 aromatic rings. The van der Waals surface area contributed by atoms with Crippen LogP contribution in [0.2, 0.25) is 0 Å². The smallest absolute Gasteiger partial charge is 0.223 e. The summed E-state index contributed by atoms with van der Waals surface area (Å²) in [6.45, 7) is 4.90. The molecule has 0 fully saturated rings. The molecule has 1 atom stereocenters. The summed E-state index contributed by atoms with van der Waals surface area (Å²) >= 11 is 0. The van der Waals surface area contributed by atoms with E-state index in [9.17, 15) is 9.18 Å². The first-order valence-corrected chi connectivity index (χ1v) is 9.16. The van der Waals surface area contributed by atoms with Crippen molar-refractivity contribution >= 4 is 11.6 Å². The topological polar surface area (TPSA) is 54.8 Å². The van der Waals surface area contributed by atoms with Crippen LogP contribution in [0, 0.1) is 11.7 Å². The molecular weight excluding hydrogens is 345 g/mol. The highest BCUT2D eigenvalue weighted by Gasteiger charge is 2.27. The number of benzene rings is 1. The van der Waals surface area contributed by atoms with Gasteiger partial charge in [0.15, 0.2) is 6.10 Å². The minimum Gasteiger partial charge on any atom is -0.390 e.